The molecule has 0 unspecified atom stereocenters. The molecule has 0 amide bonds. The van der Waals surface area contributed by atoms with Gasteiger partial charge in [0.2, 0.25) is 10.0 Å². The quantitative estimate of drug-likeness (QED) is 0.815. The fourth-order valence-electron chi connectivity index (χ4n) is 1.80. The standard InChI is InChI=1S/C13H18ClNO4S/c1-9(2)7-15(3)20(17,18)12-6-11(14)5-10(8-16)13(12)19-4/h5-6,16H,1,7-8H2,2-4H3. The number of nitrogens with zero attached hydrogens (tertiary/aromatic N) is 1. The summed E-state index contributed by atoms with van der Waals surface area (Å²) in [5.74, 6) is 0.102. The van der Waals surface area contributed by atoms with Crippen LogP contribution in [-0.4, -0.2) is 38.5 Å². The first-order valence-electron chi connectivity index (χ1n) is 5.82. The van der Waals surface area contributed by atoms with Crippen molar-refractivity contribution in [2.75, 3.05) is 20.7 Å². The van der Waals surface area contributed by atoms with Crippen molar-refractivity contribution >= 4 is 21.6 Å². The van der Waals surface area contributed by atoms with Crippen LogP contribution in [0.2, 0.25) is 5.02 Å². The van der Waals surface area contributed by atoms with Crippen LogP contribution in [0.5, 0.6) is 5.75 Å². The predicted molar refractivity (Wildman–Crippen MR) is 78.6 cm³/mol. The Kier molecular flexibility index (Phi) is 5.59. The summed E-state index contributed by atoms with van der Waals surface area (Å²) in [4.78, 5) is -0.0692. The molecule has 0 heterocycles. The minimum atomic E-state index is -3.78. The molecule has 0 aliphatic carbocycles. The summed E-state index contributed by atoms with van der Waals surface area (Å²) in [5, 5.41) is 9.51. The van der Waals surface area contributed by atoms with Crippen LogP contribution in [0.15, 0.2) is 29.2 Å². The zero-order valence-electron chi connectivity index (χ0n) is 11.7. The van der Waals surface area contributed by atoms with Crippen LogP contribution in [0.3, 0.4) is 0 Å². The third-order valence-electron chi connectivity index (χ3n) is 2.65. The highest BCUT2D eigenvalue weighted by atomic mass is 35.5. The van der Waals surface area contributed by atoms with E-state index in [0.29, 0.717) is 11.1 Å². The van der Waals surface area contributed by atoms with Gasteiger partial charge in [-0.2, -0.15) is 4.31 Å². The van der Waals surface area contributed by atoms with Gasteiger partial charge < -0.3 is 9.84 Å². The van der Waals surface area contributed by atoms with E-state index in [1.165, 1.54) is 26.3 Å². The summed E-state index contributed by atoms with van der Waals surface area (Å²) in [6.45, 7) is 5.25. The smallest absolute Gasteiger partial charge is 0.246 e. The molecule has 7 heteroatoms. The van der Waals surface area contributed by atoms with Gasteiger partial charge in [-0.25, -0.2) is 8.42 Å². The number of halogens is 1. The van der Waals surface area contributed by atoms with Crippen molar-refractivity contribution in [3.63, 3.8) is 0 Å². The molecule has 0 saturated heterocycles. The van der Waals surface area contributed by atoms with Gasteiger partial charge >= 0.3 is 0 Å². The summed E-state index contributed by atoms with van der Waals surface area (Å²) >= 11 is 5.91. The van der Waals surface area contributed by atoms with Gasteiger partial charge in [-0.1, -0.05) is 23.8 Å². The molecule has 0 fully saturated rings. The fourth-order valence-corrected chi connectivity index (χ4v) is 3.55. The van der Waals surface area contributed by atoms with E-state index in [9.17, 15) is 13.5 Å². The van der Waals surface area contributed by atoms with E-state index in [0.717, 1.165) is 4.31 Å². The summed E-state index contributed by atoms with van der Waals surface area (Å²) in [6.07, 6.45) is 0. The number of hydrogen-bond donors (Lipinski definition) is 1. The van der Waals surface area contributed by atoms with Crippen LogP contribution >= 0.6 is 11.6 Å². The first-order valence-corrected chi connectivity index (χ1v) is 7.63. The normalized spacial score (nSPS) is 11.7. The zero-order valence-corrected chi connectivity index (χ0v) is 13.3. The summed E-state index contributed by atoms with van der Waals surface area (Å²) in [5.41, 5.74) is 1.03. The van der Waals surface area contributed by atoms with E-state index in [1.54, 1.807) is 6.92 Å². The molecule has 1 aromatic carbocycles. The molecule has 0 saturated carbocycles. The Bertz CT molecular complexity index is 613. The van der Waals surface area contributed by atoms with Crippen LogP contribution in [0.25, 0.3) is 0 Å². The largest absolute Gasteiger partial charge is 0.495 e. The van der Waals surface area contributed by atoms with Crippen molar-refractivity contribution in [2.24, 2.45) is 0 Å². The number of methoxy groups -OCH3 is 1. The Morgan fingerprint density at radius 1 is 1.50 bits per heavy atom. The average molecular weight is 320 g/mol. The Labute approximate surface area is 124 Å². The van der Waals surface area contributed by atoms with Gasteiger partial charge in [0.1, 0.15) is 10.6 Å². The third-order valence-corrected chi connectivity index (χ3v) is 4.68. The van der Waals surface area contributed by atoms with Crippen LogP contribution in [0.1, 0.15) is 12.5 Å². The van der Waals surface area contributed by atoms with E-state index in [1.807, 2.05) is 0 Å². The molecule has 0 aliphatic heterocycles. The van der Waals surface area contributed by atoms with Gasteiger partial charge in [0.15, 0.2) is 0 Å². The molecule has 0 atom stereocenters. The number of likely N-dealkylation sites (N-methyl/N-ethyl adjacent to an activating group) is 1. The second kappa shape index (κ2) is 6.58. The molecule has 0 aromatic heterocycles. The third kappa shape index (κ3) is 3.52. The van der Waals surface area contributed by atoms with Crippen molar-refractivity contribution in [1.82, 2.24) is 4.31 Å². The second-order valence-corrected chi connectivity index (χ2v) is 6.92. The monoisotopic (exact) mass is 319 g/mol. The molecule has 1 rings (SSSR count). The second-order valence-electron chi connectivity index (χ2n) is 4.47. The minimum absolute atomic E-state index is 0.0692. The lowest BCUT2D eigenvalue weighted by Gasteiger charge is -2.20. The van der Waals surface area contributed by atoms with Gasteiger partial charge in [0.05, 0.1) is 13.7 Å². The highest BCUT2D eigenvalue weighted by molar-refractivity contribution is 7.89. The van der Waals surface area contributed by atoms with Crippen molar-refractivity contribution in [1.29, 1.82) is 0 Å². The first-order chi connectivity index (χ1) is 9.23. The number of aliphatic hydroxyl groups is 1. The Morgan fingerprint density at radius 2 is 2.10 bits per heavy atom. The van der Waals surface area contributed by atoms with E-state index in [2.05, 4.69) is 6.58 Å². The molecular formula is C13H18ClNO4S. The van der Waals surface area contributed by atoms with Crippen LogP contribution < -0.4 is 4.74 Å². The number of sulfonamides is 1. The summed E-state index contributed by atoms with van der Waals surface area (Å²) < 4.78 is 31.3. The van der Waals surface area contributed by atoms with Gasteiger partial charge in [-0.15, -0.1) is 0 Å². The number of ether oxygens (including phenoxy) is 1. The SMILES string of the molecule is C=C(C)CN(C)S(=O)(=O)c1cc(Cl)cc(CO)c1OC. The molecule has 0 radical (unpaired) electrons. The molecule has 112 valence electrons. The average Bonchev–Trinajstić information content (AvgIpc) is 2.36. The van der Waals surface area contributed by atoms with E-state index in [-0.39, 0.29) is 28.8 Å². The molecule has 1 N–H and O–H groups in total. The maximum atomic E-state index is 12.5. The van der Waals surface area contributed by atoms with Gasteiger partial charge in [-0.3, -0.25) is 0 Å². The van der Waals surface area contributed by atoms with Crippen molar-refractivity contribution in [3.8, 4) is 5.75 Å². The number of rotatable bonds is 6. The number of aliphatic hydroxyl groups excluding tert-OH is 1. The molecule has 5 nitrogen and oxygen atoms in total. The van der Waals surface area contributed by atoms with Crippen molar-refractivity contribution in [2.45, 2.75) is 18.4 Å². The topological polar surface area (TPSA) is 66.8 Å². The van der Waals surface area contributed by atoms with Crippen LogP contribution in [0, 0.1) is 0 Å². The van der Waals surface area contributed by atoms with Crippen LogP contribution in [-0.2, 0) is 16.6 Å². The lowest BCUT2D eigenvalue weighted by Crippen LogP contribution is -2.29. The minimum Gasteiger partial charge on any atom is -0.495 e. The lowest BCUT2D eigenvalue weighted by atomic mass is 10.2. The molecule has 0 spiro atoms. The Balaban J connectivity index is 3.44. The lowest BCUT2D eigenvalue weighted by molar-refractivity contribution is 0.272. The molecule has 1 aromatic rings. The van der Waals surface area contributed by atoms with Gasteiger partial charge in [-0.05, 0) is 19.1 Å². The van der Waals surface area contributed by atoms with Crippen molar-refractivity contribution < 1.29 is 18.3 Å². The highest BCUT2D eigenvalue weighted by Gasteiger charge is 2.27. The zero-order chi connectivity index (χ0) is 15.5. The van der Waals surface area contributed by atoms with E-state index >= 15 is 0 Å². The summed E-state index contributed by atoms with van der Waals surface area (Å²) in [6, 6.07) is 2.78. The Hall–Kier alpha value is -1.08. The fraction of sp³-hybridized carbons (Fsp3) is 0.385. The summed E-state index contributed by atoms with van der Waals surface area (Å²) in [7, 11) is -0.985. The van der Waals surface area contributed by atoms with E-state index < -0.39 is 10.0 Å². The Morgan fingerprint density at radius 3 is 2.55 bits per heavy atom. The maximum Gasteiger partial charge on any atom is 0.246 e. The van der Waals surface area contributed by atoms with E-state index in [4.69, 9.17) is 16.3 Å². The number of benzene rings is 1. The highest BCUT2D eigenvalue weighted by Crippen LogP contribution is 2.33. The van der Waals surface area contributed by atoms with Gasteiger partial charge in [0.25, 0.3) is 0 Å². The number of hydrogen-bond acceptors (Lipinski definition) is 4. The predicted octanol–water partition coefficient (Wildman–Crippen LogP) is 2.04. The molecule has 0 aliphatic rings. The maximum absolute atomic E-state index is 12.5. The molecule has 20 heavy (non-hydrogen) atoms. The first kappa shape index (κ1) is 17.0. The van der Waals surface area contributed by atoms with Crippen molar-refractivity contribution in [3.05, 3.63) is 34.9 Å². The molecule has 0 bridgehead atoms. The van der Waals surface area contributed by atoms with Gasteiger partial charge in [0, 0.05) is 24.2 Å². The molecular weight excluding hydrogens is 302 g/mol. The van der Waals surface area contributed by atoms with Crippen LogP contribution in [0.4, 0.5) is 0 Å².